The van der Waals surface area contributed by atoms with Gasteiger partial charge in [0.2, 0.25) is 10.0 Å². The van der Waals surface area contributed by atoms with Crippen LogP contribution in [0.1, 0.15) is 6.42 Å². The first-order valence-electron chi connectivity index (χ1n) is 4.92. The van der Waals surface area contributed by atoms with Crippen molar-refractivity contribution in [2.75, 3.05) is 19.6 Å². The molecule has 84 valence electrons. The molecule has 6 heteroatoms. The van der Waals surface area contributed by atoms with Crippen molar-refractivity contribution < 1.29 is 8.42 Å². The Bertz CT molecular complexity index is 394. The summed E-state index contributed by atoms with van der Waals surface area (Å²) in [5.74, 6) is 0.430. The fraction of sp³-hybridized carbons (Fsp3) is 0.556. The summed E-state index contributed by atoms with van der Waals surface area (Å²) in [7, 11) is -3.26. The first kappa shape index (κ1) is 11.1. The molecule has 0 unspecified atom stereocenters. The highest BCUT2D eigenvalue weighted by Gasteiger charge is 2.19. The van der Waals surface area contributed by atoms with Gasteiger partial charge in [0, 0.05) is 6.54 Å². The molecule has 1 aromatic heterocycles. The lowest BCUT2D eigenvalue weighted by Gasteiger charge is -2.09. The second kappa shape index (κ2) is 4.61. The predicted molar refractivity (Wildman–Crippen MR) is 60.5 cm³/mol. The maximum Gasteiger partial charge on any atom is 0.250 e. The van der Waals surface area contributed by atoms with Crippen molar-refractivity contribution in [3.8, 4) is 0 Å². The van der Waals surface area contributed by atoms with Crippen LogP contribution in [0.2, 0.25) is 0 Å². The topological polar surface area (TPSA) is 58.2 Å². The largest absolute Gasteiger partial charge is 0.316 e. The van der Waals surface area contributed by atoms with Gasteiger partial charge >= 0.3 is 0 Å². The second-order valence-corrected chi connectivity index (χ2v) is 6.58. The maximum absolute atomic E-state index is 11.7. The standard InChI is InChI=1S/C9H14N2O2S2/c12-15(13,9-2-1-5-14-9)11-7-8-3-4-10-6-8/h1-2,5,8,10-11H,3-4,6-7H2/t8-/m1/s1. The van der Waals surface area contributed by atoms with Crippen molar-refractivity contribution in [3.63, 3.8) is 0 Å². The van der Waals surface area contributed by atoms with Gasteiger partial charge in [-0.05, 0) is 36.9 Å². The van der Waals surface area contributed by atoms with Crippen LogP contribution >= 0.6 is 11.3 Å². The summed E-state index contributed by atoms with van der Waals surface area (Å²) >= 11 is 1.25. The van der Waals surface area contributed by atoms with E-state index in [9.17, 15) is 8.42 Å². The number of thiophene rings is 1. The summed E-state index contributed by atoms with van der Waals surface area (Å²) in [5.41, 5.74) is 0. The van der Waals surface area contributed by atoms with Crippen molar-refractivity contribution in [1.82, 2.24) is 10.0 Å². The smallest absolute Gasteiger partial charge is 0.250 e. The molecule has 1 atom stereocenters. The third kappa shape index (κ3) is 2.78. The van der Waals surface area contributed by atoms with Crippen LogP contribution in [0.5, 0.6) is 0 Å². The van der Waals surface area contributed by atoms with Gasteiger partial charge in [0.1, 0.15) is 4.21 Å². The molecule has 2 rings (SSSR count). The summed E-state index contributed by atoms with van der Waals surface area (Å²) in [5, 5.41) is 4.98. The zero-order chi connectivity index (χ0) is 10.7. The molecule has 1 fully saturated rings. The lowest BCUT2D eigenvalue weighted by molar-refractivity contribution is 0.540. The van der Waals surface area contributed by atoms with Crippen LogP contribution in [0.3, 0.4) is 0 Å². The van der Waals surface area contributed by atoms with E-state index in [1.165, 1.54) is 11.3 Å². The molecule has 0 aromatic carbocycles. The van der Waals surface area contributed by atoms with Crippen LogP contribution in [0, 0.1) is 5.92 Å². The molecule has 0 aliphatic carbocycles. The molecule has 4 nitrogen and oxygen atoms in total. The van der Waals surface area contributed by atoms with E-state index in [2.05, 4.69) is 10.0 Å². The average molecular weight is 246 g/mol. The van der Waals surface area contributed by atoms with Gasteiger partial charge in [-0.2, -0.15) is 0 Å². The van der Waals surface area contributed by atoms with Crippen molar-refractivity contribution in [2.45, 2.75) is 10.6 Å². The fourth-order valence-electron chi connectivity index (χ4n) is 1.60. The van der Waals surface area contributed by atoms with Gasteiger partial charge in [-0.1, -0.05) is 6.07 Å². The zero-order valence-electron chi connectivity index (χ0n) is 8.27. The Morgan fingerprint density at radius 2 is 2.47 bits per heavy atom. The Labute approximate surface area is 93.8 Å². The predicted octanol–water partition coefficient (Wildman–Crippen LogP) is 0.636. The van der Waals surface area contributed by atoms with E-state index in [0.717, 1.165) is 19.5 Å². The summed E-state index contributed by atoms with van der Waals surface area (Å²) in [6.07, 6.45) is 1.05. The van der Waals surface area contributed by atoms with Crippen LogP contribution < -0.4 is 10.0 Å². The van der Waals surface area contributed by atoms with Crippen molar-refractivity contribution in [3.05, 3.63) is 17.5 Å². The molecule has 1 aliphatic heterocycles. The molecule has 1 aliphatic rings. The first-order valence-corrected chi connectivity index (χ1v) is 7.28. The lowest BCUT2D eigenvalue weighted by atomic mass is 10.1. The Balaban J connectivity index is 1.93. The number of rotatable bonds is 4. The molecule has 0 spiro atoms. The molecular weight excluding hydrogens is 232 g/mol. The zero-order valence-corrected chi connectivity index (χ0v) is 9.90. The molecule has 1 aromatic rings. The van der Waals surface area contributed by atoms with Gasteiger partial charge in [-0.15, -0.1) is 11.3 Å². The van der Waals surface area contributed by atoms with Gasteiger partial charge in [-0.3, -0.25) is 0 Å². The van der Waals surface area contributed by atoms with E-state index in [4.69, 9.17) is 0 Å². The molecular formula is C9H14N2O2S2. The van der Waals surface area contributed by atoms with E-state index < -0.39 is 10.0 Å². The highest BCUT2D eigenvalue weighted by molar-refractivity contribution is 7.91. The summed E-state index contributed by atoms with van der Waals surface area (Å²) in [6.45, 7) is 2.44. The third-order valence-corrected chi connectivity index (χ3v) is 5.31. The highest BCUT2D eigenvalue weighted by Crippen LogP contribution is 2.16. The quantitative estimate of drug-likeness (QED) is 0.819. The number of hydrogen-bond donors (Lipinski definition) is 2. The van der Waals surface area contributed by atoms with E-state index in [1.54, 1.807) is 17.5 Å². The summed E-state index contributed by atoms with van der Waals surface area (Å²) < 4.78 is 26.5. The fourth-order valence-corrected chi connectivity index (χ4v) is 3.76. The Hall–Kier alpha value is -0.430. The van der Waals surface area contributed by atoms with Gasteiger partial charge in [0.25, 0.3) is 0 Å². The van der Waals surface area contributed by atoms with Gasteiger partial charge in [0.15, 0.2) is 0 Å². The average Bonchev–Trinajstić information content (AvgIpc) is 2.88. The molecule has 0 radical (unpaired) electrons. The SMILES string of the molecule is O=S(=O)(NC[C@@H]1CCNC1)c1cccs1. The summed E-state index contributed by atoms with van der Waals surface area (Å²) in [4.78, 5) is 0. The van der Waals surface area contributed by atoms with Crippen LogP contribution in [-0.4, -0.2) is 28.1 Å². The van der Waals surface area contributed by atoms with Gasteiger partial charge in [-0.25, -0.2) is 13.1 Å². The molecule has 2 N–H and O–H groups in total. The second-order valence-electron chi connectivity index (χ2n) is 3.64. The van der Waals surface area contributed by atoms with Crippen LogP contribution in [-0.2, 0) is 10.0 Å². The van der Waals surface area contributed by atoms with Crippen molar-refractivity contribution in [2.24, 2.45) is 5.92 Å². The van der Waals surface area contributed by atoms with Gasteiger partial charge < -0.3 is 5.32 Å². The van der Waals surface area contributed by atoms with E-state index >= 15 is 0 Å². The minimum absolute atomic E-state index is 0.397. The van der Waals surface area contributed by atoms with Crippen molar-refractivity contribution in [1.29, 1.82) is 0 Å². The molecule has 0 amide bonds. The molecule has 0 saturated carbocycles. The van der Waals surface area contributed by atoms with E-state index in [-0.39, 0.29) is 0 Å². The van der Waals surface area contributed by atoms with Crippen LogP contribution in [0.4, 0.5) is 0 Å². The Kier molecular flexibility index (Phi) is 3.40. The Morgan fingerprint density at radius 1 is 1.60 bits per heavy atom. The maximum atomic E-state index is 11.7. The minimum Gasteiger partial charge on any atom is -0.316 e. The third-order valence-electron chi connectivity index (χ3n) is 2.48. The minimum atomic E-state index is -3.26. The van der Waals surface area contributed by atoms with Crippen molar-refractivity contribution >= 4 is 21.4 Å². The monoisotopic (exact) mass is 246 g/mol. The number of nitrogens with one attached hydrogen (secondary N) is 2. The van der Waals surface area contributed by atoms with E-state index in [0.29, 0.717) is 16.7 Å². The molecule has 2 heterocycles. The normalized spacial score (nSPS) is 22.0. The summed E-state index contributed by atoms with van der Waals surface area (Å²) in [6, 6.07) is 3.37. The first-order chi connectivity index (χ1) is 7.18. The van der Waals surface area contributed by atoms with Crippen LogP contribution in [0.15, 0.2) is 21.7 Å². The number of sulfonamides is 1. The Morgan fingerprint density at radius 3 is 3.07 bits per heavy atom. The van der Waals surface area contributed by atoms with Crippen LogP contribution in [0.25, 0.3) is 0 Å². The molecule has 15 heavy (non-hydrogen) atoms. The number of hydrogen-bond acceptors (Lipinski definition) is 4. The highest BCUT2D eigenvalue weighted by atomic mass is 32.2. The molecule has 0 bridgehead atoms. The lowest BCUT2D eigenvalue weighted by Crippen LogP contribution is -2.29. The molecule has 1 saturated heterocycles. The van der Waals surface area contributed by atoms with Gasteiger partial charge in [0.05, 0.1) is 0 Å². The van der Waals surface area contributed by atoms with E-state index in [1.807, 2.05) is 0 Å².